The van der Waals surface area contributed by atoms with Crippen LogP contribution in [0.1, 0.15) is 24.0 Å². The molecular formula is C17H20ClN. The zero-order valence-corrected chi connectivity index (χ0v) is 12.2. The van der Waals surface area contributed by atoms with Crippen LogP contribution in [0.3, 0.4) is 0 Å². The third-order valence-electron chi connectivity index (χ3n) is 3.70. The van der Waals surface area contributed by atoms with Crippen molar-refractivity contribution in [1.29, 1.82) is 0 Å². The van der Waals surface area contributed by atoms with Crippen molar-refractivity contribution < 1.29 is 0 Å². The van der Waals surface area contributed by atoms with Crippen molar-refractivity contribution in [2.45, 2.75) is 25.3 Å². The van der Waals surface area contributed by atoms with E-state index in [1.807, 2.05) is 25.2 Å². The third kappa shape index (κ3) is 3.59. The molecule has 2 atom stereocenters. The van der Waals surface area contributed by atoms with Crippen LogP contribution < -0.4 is 5.32 Å². The Hall–Kier alpha value is -1.31. The van der Waals surface area contributed by atoms with E-state index in [-0.39, 0.29) is 0 Å². The molecule has 0 aromatic heterocycles. The Labute approximate surface area is 120 Å². The normalized spacial score (nSPS) is 14.1. The summed E-state index contributed by atoms with van der Waals surface area (Å²) in [5, 5.41) is 4.27. The van der Waals surface area contributed by atoms with Crippen molar-refractivity contribution in [1.82, 2.24) is 5.32 Å². The first-order valence-electron chi connectivity index (χ1n) is 6.68. The maximum Gasteiger partial charge on any atom is 0.0438 e. The maximum absolute atomic E-state index is 6.25. The Bertz CT molecular complexity index is 510. The number of hydrogen-bond acceptors (Lipinski definition) is 1. The molecule has 0 saturated heterocycles. The SMILES string of the molecule is CNC(Cc1ccccc1Cl)C(C)c1ccccc1. The molecule has 100 valence electrons. The fourth-order valence-corrected chi connectivity index (χ4v) is 2.63. The van der Waals surface area contributed by atoms with Crippen LogP contribution in [-0.4, -0.2) is 13.1 Å². The van der Waals surface area contributed by atoms with E-state index in [1.54, 1.807) is 0 Å². The minimum Gasteiger partial charge on any atom is -0.316 e. The van der Waals surface area contributed by atoms with E-state index >= 15 is 0 Å². The first-order chi connectivity index (χ1) is 9.22. The average molecular weight is 274 g/mol. The van der Waals surface area contributed by atoms with Gasteiger partial charge in [-0.25, -0.2) is 0 Å². The second kappa shape index (κ2) is 6.74. The first-order valence-corrected chi connectivity index (χ1v) is 7.05. The summed E-state index contributed by atoms with van der Waals surface area (Å²) in [6.45, 7) is 2.26. The van der Waals surface area contributed by atoms with Crippen LogP contribution in [0.25, 0.3) is 0 Å². The number of likely N-dealkylation sites (N-methyl/N-ethyl adjacent to an activating group) is 1. The molecule has 0 aliphatic heterocycles. The van der Waals surface area contributed by atoms with Crippen LogP contribution in [0.2, 0.25) is 5.02 Å². The van der Waals surface area contributed by atoms with E-state index in [0.29, 0.717) is 12.0 Å². The van der Waals surface area contributed by atoms with Gasteiger partial charge in [-0.1, -0.05) is 67.1 Å². The number of rotatable bonds is 5. The van der Waals surface area contributed by atoms with E-state index in [0.717, 1.165) is 11.4 Å². The van der Waals surface area contributed by atoms with E-state index < -0.39 is 0 Å². The summed E-state index contributed by atoms with van der Waals surface area (Å²) in [7, 11) is 2.01. The Kier molecular flexibility index (Phi) is 5.00. The van der Waals surface area contributed by atoms with Crippen molar-refractivity contribution in [2.24, 2.45) is 0 Å². The molecule has 0 amide bonds. The van der Waals surface area contributed by atoms with Gasteiger partial charge in [-0.15, -0.1) is 0 Å². The van der Waals surface area contributed by atoms with E-state index in [2.05, 4.69) is 48.6 Å². The molecule has 2 rings (SSSR count). The highest BCUT2D eigenvalue weighted by Gasteiger charge is 2.18. The summed E-state index contributed by atoms with van der Waals surface area (Å²) >= 11 is 6.25. The molecule has 0 aliphatic rings. The van der Waals surface area contributed by atoms with Crippen LogP contribution in [0, 0.1) is 0 Å². The zero-order chi connectivity index (χ0) is 13.7. The van der Waals surface area contributed by atoms with Crippen molar-refractivity contribution >= 4 is 11.6 Å². The fraction of sp³-hybridized carbons (Fsp3) is 0.294. The number of benzene rings is 2. The number of nitrogens with one attached hydrogen (secondary N) is 1. The Morgan fingerprint density at radius 1 is 1.00 bits per heavy atom. The van der Waals surface area contributed by atoms with Crippen LogP contribution in [-0.2, 0) is 6.42 Å². The lowest BCUT2D eigenvalue weighted by Gasteiger charge is -2.24. The average Bonchev–Trinajstić information content (AvgIpc) is 2.47. The highest BCUT2D eigenvalue weighted by Crippen LogP contribution is 2.24. The van der Waals surface area contributed by atoms with E-state index in [9.17, 15) is 0 Å². The van der Waals surface area contributed by atoms with Gasteiger partial charge in [-0.05, 0) is 36.6 Å². The fourth-order valence-electron chi connectivity index (χ4n) is 2.42. The lowest BCUT2D eigenvalue weighted by Crippen LogP contribution is -2.33. The van der Waals surface area contributed by atoms with Crippen LogP contribution in [0.15, 0.2) is 54.6 Å². The van der Waals surface area contributed by atoms with Gasteiger partial charge in [0, 0.05) is 11.1 Å². The monoisotopic (exact) mass is 273 g/mol. The molecule has 0 fully saturated rings. The highest BCUT2D eigenvalue weighted by molar-refractivity contribution is 6.31. The zero-order valence-electron chi connectivity index (χ0n) is 11.4. The molecule has 2 aromatic rings. The van der Waals surface area contributed by atoms with Crippen molar-refractivity contribution in [2.75, 3.05) is 7.05 Å². The van der Waals surface area contributed by atoms with Crippen LogP contribution in [0.4, 0.5) is 0 Å². The number of halogens is 1. The molecule has 19 heavy (non-hydrogen) atoms. The second-order valence-corrected chi connectivity index (χ2v) is 5.30. The topological polar surface area (TPSA) is 12.0 Å². The van der Waals surface area contributed by atoms with Gasteiger partial charge in [0.2, 0.25) is 0 Å². The van der Waals surface area contributed by atoms with Gasteiger partial charge in [0.05, 0.1) is 0 Å². The molecular weight excluding hydrogens is 254 g/mol. The number of hydrogen-bond donors (Lipinski definition) is 1. The van der Waals surface area contributed by atoms with Gasteiger partial charge in [0.1, 0.15) is 0 Å². The largest absolute Gasteiger partial charge is 0.316 e. The molecule has 2 unspecified atom stereocenters. The second-order valence-electron chi connectivity index (χ2n) is 4.89. The van der Waals surface area contributed by atoms with Gasteiger partial charge in [0.25, 0.3) is 0 Å². The first kappa shape index (κ1) is 14.1. The standard InChI is InChI=1S/C17H20ClN/c1-13(14-8-4-3-5-9-14)17(19-2)12-15-10-6-7-11-16(15)18/h3-11,13,17,19H,12H2,1-2H3. The molecule has 0 heterocycles. The highest BCUT2D eigenvalue weighted by atomic mass is 35.5. The molecule has 1 nitrogen and oxygen atoms in total. The molecule has 0 spiro atoms. The van der Waals surface area contributed by atoms with Crippen molar-refractivity contribution in [3.05, 3.63) is 70.7 Å². The summed E-state index contributed by atoms with van der Waals surface area (Å²) in [4.78, 5) is 0. The lowest BCUT2D eigenvalue weighted by atomic mass is 9.89. The summed E-state index contributed by atoms with van der Waals surface area (Å²) < 4.78 is 0. The molecule has 0 saturated carbocycles. The van der Waals surface area contributed by atoms with Gasteiger partial charge < -0.3 is 5.32 Å². The third-order valence-corrected chi connectivity index (χ3v) is 4.07. The van der Waals surface area contributed by atoms with E-state index in [1.165, 1.54) is 11.1 Å². The van der Waals surface area contributed by atoms with Crippen LogP contribution in [0.5, 0.6) is 0 Å². The Morgan fingerprint density at radius 2 is 1.63 bits per heavy atom. The van der Waals surface area contributed by atoms with Gasteiger partial charge in [-0.3, -0.25) is 0 Å². The molecule has 1 N–H and O–H groups in total. The summed E-state index contributed by atoms with van der Waals surface area (Å²) in [6.07, 6.45) is 0.937. The molecule has 0 aliphatic carbocycles. The minimum atomic E-state index is 0.377. The molecule has 0 radical (unpaired) electrons. The van der Waals surface area contributed by atoms with E-state index in [4.69, 9.17) is 11.6 Å². The maximum atomic E-state index is 6.25. The summed E-state index contributed by atoms with van der Waals surface area (Å²) in [5.41, 5.74) is 2.56. The Balaban J connectivity index is 2.15. The Morgan fingerprint density at radius 3 is 2.26 bits per heavy atom. The van der Waals surface area contributed by atoms with Crippen molar-refractivity contribution in [3.8, 4) is 0 Å². The summed E-state index contributed by atoms with van der Waals surface area (Å²) in [5.74, 6) is 0.447. The predicted molar refractivity (Wildman–Crippen MR) is 82.9 cm³/mol. The smallest absolute Gasteiger partial charge is 0.0438 e. The van der Waals surface area contributed by atoms with Crippen molar-refractivity contribution in [3.63, 3.8) is 0 Å². The van der Waals surface area contributed by atoms with Gasteiger partial charge >= 0.3 is 0 Å². The summed E-state index contributed by atoms with van der Waals surface area (Å²) in [6, 6.07) is 19.1. The molecule has 2 heteroatoms. The van der Waals surface area contributed by atoms with Crippen LogP contribution >= 0.6 is 11.6 Å². The lowest BCUT2D eigenvalue weighted by molar-refractivity contribution is 0.483. The minimum absolute atomic E-state index is 0.377. The predicted octanol–water partition coefficient (Wildman–Crippen LogP) is 4.27. The molecule has 2 aromatic carbocycles. The van der Waals surface area contributed by atoms with Gasteiger partial charge in [-0.2, -0.15) is 0 Å². The quantitative estimate of drug-likeness (QED) is 0.858. The molecule has 0 bridgehead atoms. The van der Waals surface area contributed by atoms with Gasteiger partial charge in [0.15, 0.2) is 0 Å².